The lowest BCUT2D eigenvalue weighted by Crippen LogP contribution is -2.27. The Morgan fingerprint density at radius 3 is 2.77 bits per heavy atom. The Morgan fingerprint density at radius 1 is 1.20 bits per heavy atom. The van der Waals surface area contributed by atoms with Crippen molar-refractivity contribution in [3.05, 3.63) is 77.0 Å². The van der Waals surface area contributed by atoms with E-state index in [0.29, 0.717) is 28.8 Å². The maximum absolute atomic E-state index is 13.2. The Balaban J connectivity index is 1.42. The number of benzene rings is 2. The molecule has 30 heavy (non-hydrogen) atoms. The maximum Gasteiger partial charge on any atom is 0.258 e. The van der Waals surface area contributed by atoms with Crippen LogP contribution >= 0.6 is 11.6 Å². The van der Waals surface area contributed by atoms with E-state index < -0.39 is 5.82 Å². The SMILES string of the molecule is Cc1nc(-c2noc(-c3ccccc3)n2)cn1CC(=O)NCc1ccc(F)c(Cl)c1. The average Bonchev–Trinajstić information content (AvgIpc) is 3.37. The molecular formula is C21H17ClFN5O2. The third-order valence-electron chi connectivity index (χ3n) is 4.44. The van der Waals surface area contributed by atoms with Gasteiger partial charge in [0.05, 0.1) is 5.02 Å². The zero-order chi connectivity index (χ0) is 21.1. The van der Waals surface area contributed by atoms with Crippen molar-refractivity contribution in [2.75, 3.05) is 0 Å². The Kier molecular flexibility index (Phi) is 5.58. The highest BCUT2D eigenvalue weighted by atomic mass is 35.5. The summed E-state index contributed by atoms with van der Waals surface area (Å²) in [6.07, 6.45) is 1.70. The first-order valence-electron chi connectivity index (χ1n) is 9.13. The van der Waals surface area contributed by atoms with E-state index in [1.54, 1.807) is 23.8 Å². The highest BCUT2D eigenvalue weighted by Crippen LogP contribution is 2.21. The lowest BCUT2D eigenvalue weighted by molar-refractivity contribution is -0.121. The lowest BCUT2D eigenvalue weighted by Gasteiger charge is -2.07. The number of nitrogens with zero attached hydrogens (tertiary/aromatic N) is 4. The van der Waals surface area contributed by atoms with Gasteiger partial charge in [0.2, 0.25) is 11.7 Å². The molecule has 0 saturated heterocycles. The van der Waals surface area contributed by atoms with Crippen molar-refractivity contribution in [3.8, 4) is 23.0 Å². The first-order chi connectivity index (χ1) is 14.5. The van der Waals surface area contributed by atoms with Crippen LogP contribution in [0.2, 0.25) is 5.02 Å². The summed E-state index contributed by atoms with van der Waals surface area (Å²) in [7, 11) is 0. The molecule has 0 bridgehead atoms. The molecule has 4 rings (SSSR count). The van der Waals surface area contributed by atoms with Crippen LogP contribution in [-0.2, 0) is 17.9 Å². The largest absolute Gasteiger partial charge is 0.350 e. The molecule has 0 atom stereocenters. The molecule has 0 radical (unpaired) electrons. The summed E-state index contributed by atoms with van der Waals surface area (Å²) in [6, 6.07) is 13.7. The second kappa shape index (κ2) is 8.46. The van der Waals surface area contributed by atoms with Gasteiger partial charge in [-0.05, 0) is 36.8 Å². The van der Waals surface area contributed by atoms with Crippen molar-refractivity contribution in [1.82, 2.24) is 25.0 Å². The van der Waals surface area contributed by atoms with Crippen LogP contribution in [0.1, 0.15) is 11.4 Å². The van der Waals surface area contributed by atoms with Gasteiger partial charge in [-0.25, -0.2) is 9.37 Å². The quantitative estimate of drug-likeness (QED) is 0.504. The molecule has 0 unspecified atom stereocenters. The summed E-state index contributed by atoms with van der Waals surface area (Å²) >= 11 is 5.76. The van der Waals surface area contributed by atoms with Crippen LogP contribution in [0.3, 0.4) is 0 Å². The highest BCUT2D eigenvalue weighted by molar-refractivity contribution is 6.30. The number of imidazole rings is 1. The minimum atomic E-state index is -0.495. The number of nitrogens with one attached hydrogen (secondary N) is 1. The van der Waals surface area contributed by atoms with Gasteiger partial charge in [-0.2, -0.15) is 4.98 Å². The first-order valence-corrected chi connectivity index (χ1v) is 9.51. The number of aromatic nitrogens is 4. The van der Waals surface area contributed by atoms with Crippen LogP contribution in [0.25, 0.3) is 23.0 Å². The molecule has 152 valence electrons. The Hall–Kier alpha value is -3.52. The molecule has 1 amide bonds. The van der Waals surface area contributed by atoms with Crippen LogP contribution in [0.5, 0.6) is 0 Å². The van der Waals surface area contributed by atoms with Gasteiger partial charge < -0.3 is 14.4 Å². The molecule has 0 aliphatic rings. The van der Waals surface area contributed by atoms with E-state index in [0.717, 1.165) is 5.56 Å². The Labute approximate surface area is 176 Å². The summed E-state index contributed by atoms with van der Waals surface area (Å²) in [4.78, 5) is 21.1. The third-order valence-corrected chi connectivity index (χ3v) is 4.73. The molecule has 9 heteroatoms. The number of amides is 1. The van der Waals surface area contributed by atoms with Gasteiger partial charge in [0, 0.05) is 18.3 Å². The molecule has 0 fully saturated rings. The number of hydrogen-bond donors (Lipinski definition) is 1. The van der Waals surface area contributed by atoms with Crippen molar-refractivity contribution < 1.29 is 13.7 Å². The number of rotatable bonds is 6. The van der Waals surface area contributed by atoms with Gasteiger partial charge in [0.25, 0.3) is 5.89 Å². The number of halogens is 2. The second-order valence-electron chi connectivity index (χ2n) is 6.62. The summed E-state index contributed by atoms with van der Waals surface area (Å²) in [5.74, 6) is 0.660. The van der Waals surface area contributed by atoms with E-state index in [2.05, 4.69) is 20.4 Å². The fourth-order valence-electron chi connectivity index (χ4n) is 2.86. The zero-order valence-electron chi connectivity index (χ0n) is 16.0. The molecule has 0 spiro atoms. The van der Waals surface area contributed by atoms with Crippen molar-refractivity contribution in [2.45, 2.75) is 20.0 Å². The Bertz CT molecular complexity index is 1190. The van der Waals surface area contributed by atoms with Gasteiger partial charge in [-0.15, -0.1) is 0 Å². The van der Waals surface area contributed by atoms with Crippen LogP contribution in [-0.4, -0.2) is 25.6 Å². The van der Waals surface area contributed by atoms with Gasteiger partial charge in [0.1, 0.15) is 23.9 Å². The first kappa shape index (κ1) is 19.8. The fraction of sp³-hybridized carbons (Fsp3) is 0.143. The summed E-state index contributed by atoms with van der Waals surface area (Å²) < 4.78 is 20.2. The smallest absolute Gasteiger partial charge is 0.258 e. The van der Waals surface area contributed by atoms with Crippen LogP contribution < -0.4 is 5.32 Å². The number of carbonyl (C=O) groups excluding carboxylic acids is 1. The van der Waals surface area contributed by atoms with E-state index in [1.165, 1.54) is 12.1 Å². The second-order valence-corrected chi connectivity index (χ2v) is 7.02. The number of aryl methyl sites for hydroxylation is 1. The summed E-state index contributed by atoms with van der Waals surface area (Å²) in [5, 5.41) is 6.78. The monoisotopic (exact) mass is 425 g/mol. The molecule has 2 aromatic carbocycles. The Morgan fingerprint density at radius 2 is 2.00 bits per heavy atom. The molecule has 2 heterocycles. The fourth-order valence-corrected chi connectivity index (χ4v) is 3.07. The summed E-state index contributed by atoms with van der Waals surface area (Å²) in [6.45, 7) is 2.09. The van der Waals surface area contributed by atoms with Crippen LogP contribution in [0, 0.1) is 12.7 Å². The van der Waals surface area contributed by atoms with E-state index >= 15 is 0 Å². The van der Waals surface area contributed by atoms with E-state index in [4.69, 9.17) is 16.1 Å². The highest BCUT2D eigenvalue weighted by Gasteiger charge is 2.15. The molecule has 4 aromatic rings. The minimum Gasteiger partial charge on any atom is -0.350 e. The van der Waals surface area contributed by atoms with Gasteiger partial charge in [-0.1, -0.05) is 41.0 Å². The molecule has 0 aliphatic heterocycles. The standard InChI is InChI=1S/C21H17ClFN5O2/c1-13-25-18(20-26-21(30-27-20)15-5-3-2-4-6-15)11-28(13)12-19(29)24-10-14-7-8-17(23)16(22)9-14/h2-9,11H,10,12H2,1H3,(H,24,29). The molecule has 7 nitrogen and oxygen atoms in total. The van der Waals surface area contributed by atoms with Crippen LogP contribution in [0.4, 0.5) is 4.39 Å². The molecule has 2 aromatic heterocycles. The van der Waals surface area contributed by atoms with Crippen molar-refractivity contribution >= 4 is 17.5 Å². The van der Waals surface area contributed by atoms with Crippen LogP contribution in [0.15, 0.2) is 59.3 Å². The zero-order valence-corrected chi connectivity index (χ0v) is 16.7. The van der Waals surface area contributed by atoms with Gasteiger partial charge in [0.15, 0.2) is 0 Å². The average molecular weight is 426 g/mol. The molecule has 0 saturated carbocycles. The molecule has 1 N–H and O–H groups in total. The lowest BCUT2D eigenvalue weighted by atomic mass is 10.2. The molecule has 0 aliphatic carbocycles. The maximum atomic E-state index is 13.2. The van der Waals surface area contributed by atoms with Gasteiger partial charge >= 0.3 is 0 Å². The van der Waals surface area contributed by atoms with Crippen molar-refractivity contribution in [2.24, 2.45) is 0 Å². The van der Waals surface area contributed by atoms with Crippen molar-refractivity contribution in [3.63, 3.8) is 0 Å². The van der Waals surface area contributed by atoms with E-state index in [1.807, 2.05) is 30.3 Å². The third kappa shape index (κ3) is 4.38. The topological polar surface area (TPSA) is 85.8 Å². The van der Waals surface area contributed by atoms with Gasteiger partial charge in [-0.3, -0.25) is 4.79 Å². The van der Waals surface area contributed by atoms with E-state index in [-0.39, 0.29) is 24.0 Å². The predicted octanol–water partition coefficient (Wildman–Crippen LogP) is 4.02. The predicted molar refractivity (Wildman–Crippen MR) is 109 cm³/mol. The summed E-state index contributed by atoms with van der Waals surface area (Å²) in [5.41, 5.74) is 2.03. The van der Waals surface area contributed by atoms with E-state index in [9.17, 15) is 9.18 Å². The number of carbonyl (C=O) groups is 1. The normalized spacial score (nSPS) is 10.9. The molecular weight excluding hydrogens is 409 g/mol. The van der Waals surface area contributed by atoms with Crippen molar-refractivity contribution in [1.29, 1.82) is 0 Å². The minimum absolute atomic E-state index is 0.0202. The number of hydrogen-bond acceptors (Lipinski definition) is 5.